The minimum absolute atomic E-state index is 0.0646. The van der Waals surface area contributed by atoms with Crippen LogP contribution in [0.15, 0.2) is 34.6 Å². The molecular weight excluding hydrogens is 432 g/mol. The molecule has 1 aromatic heterocycles. The summed E-state index contributed by atoms with van der Waals surface area (Å²) >= 11 is 2.75. The Morgan fingerprint density at radius 3 is 2.68 bits per heavy atom. The second kappa shape index (κ2) is 10.5. The van der Waals surface area contributed by atoms with Crippen molar-refractivity contribution < 1.29 is 9.59 Å². The van der Waals surface area contributed by atoms with Gasteiger partial charge in [0.05, 0.1) is 11.1 Å². The molecule has 2 heterocycles. The normalized spacial score (nSPS) is 17.4. The van der Waals surface area contributed by atoms with Gasteiger partial charge in [-0.1, -0.05) is 41.3 Å². The summed E-state index contributed by atoms with van der Waals surface area (Å²) < 4.78 is 0. The summed E-state index contributed by atoms with van der Waals surface area (Å²) in [6.07, 6.45) is 3.43. The molecular formula is C21H26N6O2S2. The molecule has 0 aliphatic carbocycles. The number of aromatic nitrogens is 1. The summed E-state index contributed by atoms with van der Waals surface area (Å²) in [5, 5.41) is 14.5. The smallest absolute Gasteiger partial charge is 0.240 e. The lowest BCUT2D eigenvalue weighted by molar-refractivity contribution is -0.122. The Hall–Kier alpha value is -2.72. The summed E-state index contributed by atoms with van der Waals surface area (Å²) in [7, 11) is 0. The predicted molar refractivity (Wildman–Crippen MR) is 129 cm³/mol. The van der Waals surface area contributed by atoms with E-state index >= 15 is 0 Å². The zero-order valence-corrected chi connectivity index (χ0v) is 19.6. The quantitative estimate of drug-likeness (QED) is 0.466. The van der Waals surface area contributed by atoms with Crippen LogP contribution in [-0.4, -0.2) is 46.5 Å². The molecule has 1 aromatic carbocycles. The highest BCUT2D eigenvalue weighted by molar-refractivity contribution is 8.15. The van der Waals surface area contributed by atoms with Crippen LogP contribution in [0.25, 0.3) is 0 Å². The number of nitrogens with one attached hydrogen (secondary N) is 2. The molecule has 2 amide bonds. The number of para-hydroxylation sites is 1. The van der Waals surface area contributed by atoms with Crippen molar-refractivity contribution in [2.75, 3.05) is 23.3 Å². The lowest BCUT2D eigenvalue weighted by atomic mass is 10.1. The monoisotopic (exact) mass is 458 g/mol. The van der Waals surface area contributed by atoms with Crippen molar-refractivity contribution in [1.82, 2.24) is 10.3 Å². The Balaban J connectivity index is 1.56. The molecule has 1 aliphatic heterocycles. The largest absolute Gasteiger partial charge is 0.349 e. The first-order valence-corrected chi connectivity index (χ1v) is 11.8. The van der Waals surface area contributed by atoms with Crippen LogP contribution >= 0.6 is 23.1 Å². The van der Waals surface area contributed by atoms with Crippen molar-refractivity contribution in [1.29, 1.82) is 0 Å². The standard InChI is InChI=1S/C21H26N6O2S2/c1-5-27(6-2)21-22-11-15(30-21)12-23-26-20-25-19(29)16(31-20)10-17(28)24-18-13(3)8-7-9-14(18)4/h7-9,11-12,16H,5-6,10H2,1-4H3,(H,24,28)(H,25,26,29)/b23-12+. The Bertz CT molecular complexity index is 993. The third-order valence-electron chi connectivity index (χ3n) is 4.77. The number of carbonyl (C=O) groups excluding carboxylic acids is 2. The number of carbonyl (C=O) groups is 2. The van der Waals surface area contributed by atoms with Crippen LogP contribution in [-0.2, 0) is 9.59 Å². The number of hydrogen-bond acceptors (Lipinski definition) is 8. The van der Waals surface area contributed by atoms with Crippen molar-refractivity contribution in [2.24, 2.45) is 10.2 Å². The number of nitrogens with zero attached hydrogens (tertiary/aromatic N) is 4. The molecule has 3 rings (SSSR count). The van der Waals surface area contributed by atoms with Gasteiger partial charge in [-0.05, 0) is 38.8 Å². The molecule has 10 heteroatoms. The van der Waals surface area contributed by atoms with Gasteiger partial charge in [0.15, 0.2) is 10.3 Å². The number of amides is 2. The van der Waals surface area contributed by atoms with Crippen LogP contribution in [0.5, 0.6) is 0 Å². The van der Waals surface area contributed by atoms with Gasteiger partial charge < -0.3 is 15.5 Å². The summed E-state index contributed by atoms with van der Waals surface area (Å²) in [4.78, 5) is 32.1. The SMILES string of the molecule is CCN(CC)c1ncc(/C=N/N=C2/NC(=O)C(CC(=O)Nc3c(C)cccc3C)S2)s1. The molecule has 2 aromatic rings. The average molecular weight is 459 g/mol. The fraction of sp³-hybridized carbons (Fsp3) is 0.381. The van der Waals surface area contributed by atoms with Gasteiger partial charge in [0.25, 0.3) is 0 Å². The summed E-state index contributed by atoms with van der Waals surface area (Å²) in [6.45, 7) is 9.84. The maximum Gasteiger partial charge on any atom is 0.240 e. The van der Waals surface area contributed by atoms with Gasteiger partial charge in [-0.3, -0.25) is 9.59 Å². The highest BCUT2D eigenvalue weighted by atomic mass is 32.2. The average Bonchev–Trinajstić information content (AvgIpc) is 3.33. The maximum absolute atomic E-state index is 12.4. The van der Waals surface area contributed by atoms with Crippen LogP contribution in [0, 0.1) is 13.8 Å². The van der Waals surface area contributed by atoms with E-state index in [2.05, 4.69) is 44.6 Å². The lowest BCUT2D eigenvalue weighted by Gasteiger charge is -2.16. The van der Waals surface area contributed by atoms with Gasteiger partial charge >= 0.3 is 0 Å². The molecule has 164 valence electrons. The zero-order chi connectivity index (χ0) is 22.4. The molecule has 1 saturated heterocycles. The van der Waals surface area contributed by atoms with Crippen LogP contribution in [0.4, 0.5) is 10.8 Å². The molecule has 1 fully saturated rings. The number of hydrogen-bond donors (Lipinski definition) is 2. The summed E-state index contributed by atoms with van der Waals surface area (Å²) in [5.74, 6) is -0.444. The predicted octanol–water partition coefficient (Wildman–Crippen LogP) is 3.56. The van der Waals surface area contributed by atoms with Gasteiger partial charge in [0, 0.05) is 31.4 Å². The molecule has 1 aliphatic rings. The van der Waals surface area contributed by atoms with E-state index in [1.54, 1.807) is 12.4 Å². The first-order valence-electron chi connectivity index (χ1n) is 10.1. The maximum atomic E-state index is 12.4. The van der Waals surface area contributed by atoms with Crippen molar-refractivity contribution in [3.63, 3.8) is 0 Å². The second-order valence-electron chi connectivity index (χ2n) is 6.98. The number of benzene rings is 1. The minimum Gasteiger partial charge on any atom is -0.349 e. The van der Waals surface area contributed by atoms with Crippen molar-refractivity contribution in [3.05, 3.63) is 40.4 Å². The molecule has 0 radical (unpaired) electrons. The number of thiazole rings is 1. The topological polar surface area (TPSA) is 99.1 Å². The van der Waals surface area contributed by atoms with Gasteiger partial charge in [0.2, 0.25) is 11.8 Å². The van der Waals surface area contributed by atoms with E-state index < -0.39 is 5.25 Å². The van der Waals surface area contributed by atoms with E-state index in [9.17, 15) is 9.59 Å². The minimum atomic E-state index is -0.532. The Morgan fingerprint density at radius 2 is 2.00 bits per heavy atom. The fourth-order valence-electron chi connectivity index (χ4n) is 3.07. The highest BCUT2D eigenvalue weighted by Gasteiger charge is 2.32. The van der Waals surface area contributed by atoms with Crippen LogP contribution < -0.4 is 15.5 Å². The Kier molecular flexibility index (Phi) is 7.80. The van der Waals surface area contributed by atoms with Crippen LogP contribution in [0.3, 0.4) is 0 Å². The van der Waals surface area contributed by atoms with Gasteiger partial charge in [-0.2, -0.15) is 5.10 Å². The molecule has 0 bridgehead atoms. The van der Waals surface area contributed by atoms with Gasteiger partial charge in [-0.25, -0.2) is 4.98 Å². The molecule has 2 N–H and O–H groups in total. The Morgan fingerprint density at radius 1 is 1.29 bits per heavy atom. The molecule has 0 saturated carbocycles. The van der Waals surface area contributed by atoms with E-state index in [0.29, 0.717) is 5.17 Å². The first-order chi connectivity index (χ1) is 14.9. The van der Waals surface area contributed by atoms with Crippen LogP contribution in [0.2, 0.25) is 0 Å². The first kappa shape index (κ1) is 23.0. The molecule has 1 atom stereocenters. The molecule has 8 nitrogen and oxygen atoms in total. The second-order valence-corrected chi connectivity index (χ2v) is 9.21. The number of thioether (sulfide) groups is 1. The van der Waals surface area contributed by atoms with E-state index in [-0.39, 0.29) is 18.2 Å². The van der Waals surface area contributed by atoms with E-state index in [1.807, 2.05) is 32.0 Å². The summed E-state index contributed by atoms with van der Waals surface area (Å²) in [5.41, 5.74) is 2.77. The number of amidine groups is 1. The Labute approximate surface area is 190 Å². The third kappa shape index (κ3) is 5.92. The van der Waals surface area contributed by atoms with Crippen molar-refractivity contribution in [3.8, 4) is 0 Å². The van der Waals surface area contributed by atoms with E-state index in [0.717, 1.165) is 39.9 Å². The molecule has 31 heavy (non-hydrogen) atoms. The number of rotatable bonds is 8. The zero-order valence-electron chi connectivity index (χ0n) is 18.0. The fourth-order valence-corrected chi connectivity index (χ4v) is 4.90. The summed E-state index contributed by atoms with van der Waals surface area (Å²) in [6, 6.07) is 5.83. The van der Waals surface area contributed by atoms with Crippen molar-refractivity contribution in [2.45, 2.75) is 39.4 Å². The molecule has 0 spiro atoms. The molecule has 1 unspecified atom stereocenters. The third-order valence-corrected chi connectivity index (χ3v) is 6.84. The van der Waals surface area contributed by atoms with Crippen LogP contribution in [0.1, 0.15) is 36.3 Å². The lowest BCUT2D eigenvalue weighted by Crippen LogP contribution is -2.28. The highest BCUT2D eigenvalue weighted by Crippen LogP contribution is 2.25. The number of aryl methyl sites for hydroxylation is 2. The number of anilines is 2. The van der Waals surface area contributed by atoms with Gasteiger partial charge in [0.1, 0.15) is 5.25 Å². The van der Waals surface area contributed by atoms with E-state index in [4.69, 9.17) is 0 Å². The van der Waals surface area contributed by atoms with E-state index in [1.165, 1.54) is 23.1 Å². The van der Waals surface area contributed by atoms with Gasteiger partial charge in [-0.15, -0.1) is 5.10 Å². The van der Waals surface area contributed by atoms with Crippen molar-refractivity contribution >= 4 is 57.1 Å².